The number of fused-ring (bicyclic) bond motifs is 1. The van der Waals surface area contributed by atoms with E-state index in [4.69, 9.17) is 0 Å². The number of hydrogen-bond acceptors (Lipinski definition) is 1. The highest BCUT2D eigenvalue weighted by molar-refractivity contribution is 14.1. The number of hydrogen-bond donors (Lipinski definition) is 0. The van der Waals surface area contributed by atoms with Crippen LogP contribution < -0.4 is 0 Å². The third kappa shape index (κ3) is 2.46. The molecule has 0 saturated heterocycles. The molecule has 1 atom stereocenters. The van der Waals surface area contributed by atoms with Crippen molar-refractivity contribution in [1.29, 1.82) is 0 Å². The predicted molar refractivity (Wildman–Crippen MR) is 88.8 cm³/mol. The molecule has 2 aromatic rings. The fourth-order valence-electron chi connectivity index (χ4n) is 2.90. The van der Waals surface area contributed by atoms with Crippen LogP contribution in [0.5, 0.6) is 0 Å². The van der Waals surface area contributed by atoms with E-state index in [-0.39, 0.29) is 11.9 Å². The Labute approximate surface area is 132 Å². The molecule has 20 heavy (non-hydrogen) atoms. The molecule has 2 nitrogen and oxygen atoms in total. The first-order chi connectivity index (χ1) is 9.66. The number of benzene rings is 2. The summed E-state index contributed by atoms with van der Waals surface area (Å²) in [6.07, 6.45) is 2.08. The van der Waals surface area contributed by atoms with Gasteiger partial charge in [-0.25, -0.2) is 0 Å². The van der Waals surface area contributed by atoms with Crippen molar-refractivity contribution in [3.05, 3.63) is 68.8 Å². The van der Waals surface area contributed by atoms with Crippen LogP contribution in [0.1, 0.15) is 33.9 Å². The van der Waals surface area contributed by atoms with E-state index in [1.807, 2.05) is 36.2 Å². The smallest absolute Gasteiger partial charge is 0.254 e. The lowest BCUT2D eigenvalue weighted by atomic mass is 10.1. The molecule has 0 saturated carbocycles. The summed E-state index contributed by atoms with van der Waals surface area (Å²) in [6.45, 7) is 0. The van der Waals surface area contributed by atoms with Gasteiger partial charge in [-0.2, -0.15) is 0 Å². The molecule has 102 valence electrons. The average Bonchev–Trinajstić information content (AvgIpc) is 2.89. The normalized spacial score (nSPS) is 16.8. The Morgan fingerprint density at radius 2 is 2.00 bits per heavy atom. The fourth-order valence-corrected chi connectivity index (χ4v) is 3.45. The molecule has 1 amide bonds. The maximum Gasteiger partial charge on any atom is 0.254 e. The number of aryl methyl sites for hydroxylation is 1. The topological polar surface area (TPSA) is 20.3 Å². The maximum absolute atomic E-state index is 12.6. The predicted octanol–water partition coefficient (Wildman–Crippen LogP) is 4.05. The van der Waals surface area contributed by atoms with Gasteiger partial charge >= 0.3 is 0 Å². The summed E-state index contributed by atoms with van der Waals surface area (Å²) in [4.78, 5) is 14.5. The van der Waals surface area contributed by atoms with Crippen molar-refractivity contribution in [3.63, 3.8) is 0 Å². The van der Waals surface area contributed by atoms with Gasteiger partial charge in [-0.1, -0.05) is 30.3 Å². The Kier molecular flexibility index (Phi) is 3.78. The number of nitrogens with zero attached hydrogens (tertiary/aromatic N) is 1. The zero-order valence-electron chi connectivity index (χ0n) is 11.3. The Balaban J connectivity index is 1.87. The molecule has 0 N–H and O–H groups in total. The van der Waals surface area contributed by atoms with Crippen molar-refractivity contribution < 1.29 is 4.79 Å². The summed E-state index contributed by atoms with van der Waals surface area (Å²) in [7, 11) is 1.91. The third-order valence-corrected chi connectivity index (χ3v) is 4.63. The van der Waals surface area contributed by atoms with Crippen LogP contribution in [0.4, 0.5) is 0 Å². The second kappa shape index (κ2) is 5.56. The molecule has 0 heterocycles. The first kappa shape index (κ1) is 13.6. The Morgan fingerprint density at radius 3 is 2.80 bits per heavy atom. The number of amides is 1. The molecule has 0 fully saturated rings. The number of halogens is 1. The summed E-state index contributed by atoms with van der Waals surface area (Å²) < 4.78 is 1.09. The molecule has 3 rings (SSSR count). The highest BCUT2D eigenvalue weighted by Crippen LogP contribution is 2.35. The molecule has 1 aliphatic carbocycles. The molecule has 0 aliphatic heterocycles. The van der Waals surface area contributed by atoms with Crippen LogP contribution in [0.25, 0.3) is 0 Å². The Morgan fingerprint density at radius 1 is 1.20 bits per heavy atom. The van der Waals surface area contributed by atoms with Gasteiger partial charge in [0.1, 0.15) is 0 Å². The first-order valence-electron chi connectivity index (χ1n) is 6.77. The quantitative estimate of drug-likeness (QED) is 0.724. The Hall–Kier alpha value is -1.36. The number of carbonyl (C=O) groups excluding carboxylic acids is 1. The lowest BCUT2D eigenvalue weighted by Gasteiger charge is -2.25. The lowest BCUT2D eigenvalue weighted by molar-refractivity contribution is 0.0730. The summed E-state index contributed by atoms with van der Waals surface area (Å²) in [6, 6.07) is 16.4. The second-order valence-electron chi connectivity index (χ2n) is 5.18. The third-order valence-electron chi connectivity index (χ3n) is 3.96. The zero-order chi connectivity index (χ0) is 14.1. The van der Waals surface area contributed by atoms with Gasteiger partial charge in [-0.05, 0) is 64.8 Å². The van der Waals surface area contributed by atoms with Crippen LogP contribution in [-0.2, 0) is 6.42 Å². The fraction of sp³-hybridized carbons (Fsp3) is 0.235. The van der Waals surface area contributed by atoms with Crippen LogP contribution in [-0.4, -0.2) is 17.9 Å². The van der Waals surface area contributed by atoms with E-state index in [9.17, 15) is 4.79 Å². The first-order valence-corrected chi connectivity index (χ1v) is 7.85. The van der Waals surface area contributed by atoms with E-state index in [0.717, 1.165) is 22.0 Å². The molecular formula is C17H16INO. The minimum atomic E-state index is 0.102. The molecule has 1 aliphatic rings. The molecule has 0 aromatic heterocycles. The molecule has 0 spiro atoms. The minimum absolute atomic E-state index is 0.102. The average molecular weight is 377 g/mol. The van der Waals surface area contributed by atoms with Gasteiger partial charge < -0.3 is 4.90 Å². The molecule has 2 aromatic carbocycles. The van der Waals surface area contributed by atoms with Gasteiger partial charge in [0.05, 0.1) is 6.04 Å². The summed E-state index contributed by atoms with van der Waals surface area (Å²) >= 11 is 2.24. The van der Waals surface area contributed by atoms with Gasteiger partial charge in [0.2, 0.25) is 0 Å². The van der Waals surface area contributed by atoms with E-state index in [1.165, 1.54) is 11.1 Å². The second-order valence-corrected chi connectivity index (χ2v) is 6.43. The van der Waals surface area contributed by atoms with Crippen molar-refractivity contribution in [1.82, 2.24) is 4.90 Å². The van der Waals surface area contributed by atoms with E-state index < -0.39 is 0 Å². The van der Waals surface area contributed by atoms with Crippen molar-refractivity contribution in [2.75, 3.05) is 7.05 Å². The largest absolute Gasteiger partial charge is 0.335 e. The van der Waals surface area contributed by atoms with Crippen LogP contribution in [0, 0.1) is 3.57 Å². The molecule has 0 radical (unpaired) electrons. The SMILES string of the molecule is CN(C(=O)c1cccc(I)c1)C1CCc2ccccc21. The van der Waals surface area contributed by atoms with Gasteiger partial charge in [-0.3, -0.25) is 4.79 Å². The molecule has 1 unspecified atom stereocenters. The number of carbonyl (C=O) groups is 1. The van der Waals surface area contributed by atoms with Crippen LogP contribution >= 0.6 is 22.6 Å². The van der Waals surface area contributed by atoms with Crippen molar-refractivity contribution >= 4 is 28.5 Å². The van der Waals surface area contributed by atoms with Gasteiger partial charge in [0.15, 0.2) is 0 Å². The van der Waals surface area contributed by atoms with Crippen LogP contribution in [0.3, 0.4) is 0 Å². The van der Waals surface area contributed by atoms with Crippen molar-refractivity contribution in [2.24, 2.45) is 0 Å². The zero-order valence-corrected chi connectivity index (χ0v) is 13.5. The summed E-state index contributed by atoms with van der Waals surface area (Å²) in [5.74, 6) is 0.102. The van der Waals surface area contributed by atoms with Crippen LogP contribution in [0.2, 0.25) is 0 Å². The summed E-state index contributed by atoms with van der Waals surface area (Å²) in [5, 5.41) is 0. The van der Waals surface area contributed by atoms with E-state index in [0.29, 0.717) is 0 Å². The number of rotatable bonds is 2. The molecular weight excluding hydrogens is 361 g/mol. The van der Waals surface area contributed by atoms with Gasteiger partial charge in [0, 0.05) is 16.2 Å². The van der Waals surface area contributed by atoms with Gasteiger partial charge in [0.25, 0.3) is 5.91 Å². The minimum Gasteiger partial charge on any atom is -0.335 e. The maximum atomic E-state index is 12.6. The lowest BCUT2D eigenvalue weighted by Crippen LogP contribution is -2.30. The van der Waals surface area contributed by atoms with E-state index >= 15 is 0 Å². The molecule has 0 bridgehead atoms. The van der Waals surface area contributed by atoms with E-state index in [2.05, 4.69) is 46.9 Å². The van der Waals surface area contributed by atoms with Crippen LogP contribution in [0.15, 0.2) is 48.5 Å². The van der Waals surface area contributed by atoms with E-state index in [1.54, 1.807) is 0 Å². The standard InChI is InChI=1S/C17H16INO/c1-19(17(20)13-6-4-7-14(18)11-13)16-10-9-12-5-2-3-8-15(12)16/h2-8,11,16H,9-10H2,1H3. The van der Waals surface area contributed by atoms with Gasteiger partial charge in [-0.15, -0.1) is 0 Å². The van der Waals surface area contributed by atoms with Crippen molar-refractivity contribution in [3.8, 4) is 0 Å². The monoisotopic (exact) mass is 377 g/mol. The summed E-state index contributed by atoms with van der Waals surface area (Å²) in [5.41, 5.74) is 3.44. The van der Waals surface area contributed by atoms with Crippen molar-refractivity contribution in [2.45, 2.75) is 18.9 Å². The highest BCUT2D eigenvalue weighted by Gasteiger charge is 2.28. The molecule has 3 heteroatoms. The Bertz CT molecular complexity index is 653. The highest BCUT2D eigenvalue weighted by atomic mass is 127.